The Balaban J connectivity index is 1.72. The molecule has 3 heterocycles. The second kappa shape index (κ2) is 10.3. The number of pyridine rings is 2. The van der Waals surface area contributed by atoms with E-state index in [1.807, 2.05) is 0 Å². The number of rotatable bonds is 6. The largest absolute Gasteiger partial charge is 0.497 e. The average Bonchev–Trinajstić information content (AvgIpc) is 3.17. The van der Waals surface area contributed by atoms with Crippen LogP contribution >= 0.6 is 11.6 Å². The molecule has 1 aliphatic heterocycles. The lowest BCUT2D eigenvalue weighted by Crippen LogP contribution is -2.36. The number of nitrogens with one attached hydrogen (secondary N) is 1. The summed E-state index contributed by atoms with van der Waals surface area (Å²) in [6.07, 6.45) is -2.59. The van der Waals surface area contributed by atoms with Crippen LogP contribution in [0.4, 0.5) is 27.8 Å². The van der Waals surface area contributed by atoms with Gasteiger partial charge >= 0.3 is 6.18 Å². The molecule has 2 amide bonds. The van der Waals surface area contributed by atoms with Crippen LogP contribution in [-0.4, -0.2) is 42.0 Å². The predicted molar refractivity (Wildman–Crippen MR) is 122 cm³/mol. The van der Waals surface area contributed by atoms with E-state index >= 15 is 0 Å². The Morgan fingerprint density at radius 2 is 1.89 bits per heavy atom. The summed E-state index contributed by atoms with van der Waals surface area (Å²) in [6.45, 7) is -0.942. The van der Waals surface area contributed by atoms with Crippen molar-refractivity contribution in [1.29, 1.82) is 0 Å². The van der Waals surface area contributed by atoms with Gasteiger partial charge in [0.15, 0.2) is 0 Å². The van der Waals surface area contributed by atoms with E-state index in [4.69, 9.17) is 16.3 Å². The molecular weight excluding hydrogens is 523 g/mol. The van der Waals surface area contributed by atoms with Crippen LogP contribution < -0.4 is 15.0 Å². The van der Waals surface area contributed by atoms with E-state index in [2.05, 4.69) is 15.3 Å². The molecule has 0 aliphatic carbocycles. The summed E-state index contributed by atoms with van der Waals surface area (Å²) in [5.74, 6) is -7.05. The monoisotopic (exact) mass is 540 g/mol. The first-order valence-corrected chi connectivity index (χ1v) is 11.1. The van der Waals surface area contributed by atoms with Crippen molar-refractivity contribution in [3.63, 3.8) is 0 Å². The highest BCUT2D eigenvalue weighted by atomic mass is 35.5. The number of anilines is 1. The summed E-state index contributed by atoms with van der Waals surface area (Å²) in [4.78, 5) is 34.2. The number of alkyl halides is 3. The third kappa shape index (κ3) is 5.33. The molecule has 1 saturated heterocycles. The van der Waals surface area contributed by atoms with Crippen molar-refractivity contribution in [3.05, 3.63) is 82.3 Å². The minimum Gasteiger partial charge on any atom is -0.497 e. The number of carbonyl (C=O) groups excluding carboxylic acids is 2. The highest BCUT2D eigenvalue weighted by Crippen LogP contribution is 2.42. The van der Waals surface area contributed by atoms with Crippen molar-refractivity contribution in [1.82, 2.24) is 15.3 Å². The van der Waals surface area contributed by atoms with Gasteiger partial charge in [-0.1, -0.05) is 11.6 Å². The number of carbonyl (C=O) groups is 2. The first kappa shape index (κ1) is 26.3. The lowest BCUT2D eigenvalue weighted by atomic mass is 9.87. The van der Waals surface area contributed by atoms with Crippen LogP contribution in [0.5, 0.6) is 5.75 Å². The van der Waals surface area contributed by atoms with Crippen LogP contribution in [0.15, 0.2) is 48.8 Å². The number of amides is 2. The van der Waals surface area contributed by atoms with Crippen LogP contribution in [0.2, 0.25) is 5.15 Å². The highest BCUT2D eigenvalue weighted by Gasteiger charge is 2.47. The number of nitrogens with zero attached hydrogens (tertiary/aromatic N) is 3. The lowest BCUT2D eigenvalue weighted by Gasteiger charge is -2.20. The molecule has 37 heavy (non-hydrogen) atoms. The molecule has 0 bridgehead atoms. The molecule has 1 aliphatic rings. The zero-order chi connectivity index (χ0) is 26.9. The summed E-state index contributed by atoms with van der Waals surface area (Å²) in [7, 11) is 1.21. The second-order valence-corrected chi connectivity index (χ2v) is 8.51. The van der Waals surface area contributed by atoms with Crippen LogP contribution in [0.3, 0.4) is 0 Å². The van der Waals surface area contributed by atoms with Gasteiger partial charge < -0.3 is 10.1 Å². The maximum atomic E-state index is 15.0. The smallest absolute Gasteiger partial charge is 0.419 e. The van der Waals surface area contributed by atoms with E-state index in [1.54, 1.807) is 0 Å². The van der Waals surface area contributed by atoms with Gasteiger partial charge in [0, 0.05) is 49.1 Å². The highest BCUT2D eigenvalue weighted by molar-refractivity contribution is 6.29. The number of methoxy groups -OCH3 is 1. The minimum absolute atomic E-state index is 0.0918. The fourth-order valence-electron chi connectivity index (χ4n) is 4.18. The number of ether oxygens (including phenoxy) is 1. The van der Waals surface area contributed by atoms with Gasteiger partial charge in [0.2, 0.25) is 5.91 Å². The lowest BCUT2D eigenvalue weighted by molar-refractivity contribution is -0.137. The molecule has 1 aromatic carbocycles. The molecule has 0 spiro atoms. The fourth-order valence-corrected chi connectivity index (χ4v) is 4.29. The molecule has 13 heteroatoms. The Hall–Kier alpha value is -3.80. The van der Waals surface area contributed by atoms with Crippen molar-refractivity contribution in [2.45, 2.75) is 12.1 Å². The first-order chi connectivity index (χ1) is 17.5. The van der Waals surface area contributed by atoms with E-state index in [9.17, 15) is 31.5 Å². The van der Waals surface area contributed by atoms with Crippen LogP contribution in [0, 0.1) is 17.6 Å². The molecule has 0 radical (unpaired) electrons. The van der Waals surface area contributed by atoms with Gasteiger partial charge in [-0.25, -0.2) is 18.7 Å². The quantitative estimate of drug-likeness (QED) is 0.365. The van der Waals surface area contributed by atoms with Crippen LogP contribution in [0.25, 0.3) is 0 Å². The molecule has 194 valence electrons. The zero-order valence-electron chi connectivity index (χ0n) is 19.0. The minimum atomic E-state index is -4.84. The number of aromatic nitrogens is 2. The molecule has 4 rings (SSSR count). The average molecular weight is 541 g/mol. The molecule has 0 saturated carbocycles. The SMILES string of the molecule is COc1cc(F)c([C@@H]2CN(c3ncccc3C(F)(F)F)C(=O)C2CNC(=O)c2ccc(Cl)nc2)c(F)c1. The molecule has 1 N–H and O–H groups in total. The van der Waals surface area contributed by atoms with E-state index in [1.165, 1.54) is 25.4 Å². The number of benzene rings is 1. The Kier molecular flexibility index (Phi) is 7.30. The summed E-state index contributed by atoms with van der Waals surface area (Å²) in [5, 5.41) is 2.63. The maximum absolute atomic E-state index is 15.0. The molecular formula is C24H18ClF5N4O3. The topological polar surface area (TPSA) is 84.4 Å². The Morgan fingerprint density at radius 3 is 2.49 bits per heavy atom. The van der Waals surface area contributed by atoms with Gasteiger partial charge in [-0.3, -0.25) is 14.5 Å². The van der Waals surface area contributed by atoms with Crippen molar-refractivity contribution in [3.8, 4) is 5.75 Å². The van der Waals surface area contributed by atoms with Gasteiger partial charge in [-0.2, -0.15) is 13.2 Å². The van der Waals surface area contributed by atoms with Crippen LogP contribution in [-0.2, 0) is 11.0 Å². The van der Waals surface area contributed by atoms with Crippen molar-refractivity contribution in [2.24, 2.45) is 5.92 Å². The summed E-state index contributed by atoms with van der Waals surface area (Å²) < 4.78 is 75.8. The van der Waals surface area contributed by atoms with Crippen molar-refractivity contribution < 1.29 is 36.3 Å². The van der Waals surface area contributed by atoms with E-state index in [0.29, 0.717) is 0 Å². The number of hydrogen-bond acceptors (Lipinski definition) is 5. The molecule has 7 nitrogen and oxygen atoms in total. The molecule has 2 atom stereocenters. The second-order valence-electron chi connectivity index (χ2n) is 8.12. The Morgan fingerprint density at radius 1 is 1.19 bits per heavy atom. The Labute approximate surface area is 212 Å². The molecule has 3 aromatic rings. The molecule has 1 unspecified atom stereocenters. The van der Waals surface area contributed by atoms with E-state index in [-0.39, 0.29) is 16.5 Å². The van der Waals surface area contributed by atoms with E-state index in [0.717, 1.165) is 35.4 Å². The van der Waals surface area contributed by atoms with Gasteiger partial charge in [0.25, 0.3) is 5.91 Å². The fraction of sp³-hybridized carbons (Fsp3) is 0.250. The first-order valence-electron chi connectivity index (χ1n) is 10.8. The van der Waals surface area contributed by atoms with Crippen LogP contribution in [0.1, 0.15) is 27.4 Å². The third-order valence-corrected chi connectivity index (χ3v) is 6.15. The maximum Gasteiger partial charge on any atom is 0.419 e. The number of halogens is 6. The van der Waals surface area contributed by atoms with E-state index < -0.39 is 71.5 Å². The van der Waals surface area contributed by atoms with Gasteiger partial charge in [0.05, 0.1) is 24.2 Å². The predicted octanol–water partition coefficient (Wildman–Crippen LogP) is 4.61. The van der Waals surface area contributed by atoms with Crippen molar-refractivity contribution >= 4 is 29.2 Å². The standard InChI is InChI=1S/C24H18ClF5N4O3/c1-37-13-7-17(26)20(18(27)8-13)15-11-34(21-16(24(28,29)30)3-2-6-31-21)23(36)14(15)10-33-22(35)12-4-5-19(25)32-9-12/h2-9,14-15H,10-11H2,1H3,(H,33,35)/t14?,15-/m1/s1. The summed E-state index contributed by atoms with van der Waals surface area (Å²) >= 11 is 5.71. The van der Waals surface area contributed by atoms with Gasteiger partial charge in [-0.15, -0.1) is 0 Å². The van der Waals surface area contributed by atoms with Gasteiger partial charge in [-0.05, 0) is 24.3 Å². The summed E-state index contributed by atoms with van der Waals surface area (Å²) in [5.41, 5.74) is -1.61. The summed E-state index contributed by atoms with van der Waals surface area (Å²) in [6, 6.07) is 6.36. The zero-order valence-corrected chi connectivity index (χ0v) is 19.8. The number of hydrogen-bond donors (Lipinski definition) is 1. The Bertz CT molecular complexity index is 1310. The van der Waals surface area contributed by atoms with Gasteiger partial charge in [0.1, 0.15) is 28.4 Å². The normalized spacial score (nSPS) is 17.7. The molecule has 1 fully saturated rings. The van der Waals surface area contributed by atoms with Crippen molar-refractivity contribution in [2.75, 3.05) is 25.1 Å². The third-order valence-electron chi connectivity index (χ3n) is 5.93. The molecule has 2 aromatic heterocycles.